The second-order valence-electron chi connectivity index (χ2n) is 3.08. The van der Waals surface area contributed by atoms with E-state index in [2.05, 4.69) is 15.8 Å². The maximum absolute atomic E-state index is 11.3. The number of aryl methyl sites for hydroxylation is 1. The van der Waals surface area contributed by atoms with Gasteiger partial charge in [0.1, 0.15) is 5.76 Å². The quantitative estimate of drug-likeness (QED) is 0.689. The molecule has 1 aromatic rings. The Hall–Kier alpha value is -1.36. The van der Waals surface area contributed by atoms with Crippen LogP contribution in [0.4, 0.5) is 5.82 Å². The van der Waals surface area contributed by atoms with E-state index in [4.69, 9.17) is 4.52 Å². The average Bonchev–Trinajstić information content (AvgIpc) is 2.52. The zero-order valence-corrected chi connectivity index (χ0v) is 8.46. The molecular weight excluding hydrogens is 182 g/mol. The molecule has 0 bridgehead atoms. The number of nitrogens with zero attached hydrogens (tertiary/aromatic N) is 1. The van der Waals surface area contributed by atoms with Gasteiger partial charge in [0.05, 0.1) is 0 Å². The number of hydrogen-bond donors (Lipinski definition) is 2. The number of anilines is 1. The molecule has 0 spiro atoms. The first kappa shape index (κ1) is 10.7. The van der Waals surface area contributed by atoms with Crippen molar-refractivity contribution in [3.63, 3.8) is 0 Å². The molecule has 0 unspecified atom stereocenters. The summed E-state index contributed by atoms with van der Waals surface area (Å²) >= 11 is 0. The molecule has 1 rings (SSSR count). The summed E-state index contributed by atoms with van der Waals surface area (Å²) in [4.78, 5) is 11.3. The minimum atomic E-state index is -0.0337. The van der Waals surface area contributed by atoms with Gasteiger partial charge in [0, 0.05) is 12.5 Å². The third-order valence-electron chi connectivity index (χ3n) is 1.73. The Bertz CT molecular complexity index is 296. The minimum Gasteiger partial charge on any atom is -0.360 e. The van der Waals surface area contributed by atoms with Crippen LogP contribution in [0, 0.1) is 6.92 Å². The lowest BCUT2D eigenvalue weighted by Crippen LogP contribution is -2.15. The summed E-state index contributed by atoms with van der Waals surface area (Å²) < 4.78 is 4.81. The monoisotopic (exact) mass is 197 g/mol. The van der Waals surface area contributed by atoms with Gasteiger partial charge in [-0.2, -0.15) is 0 Å². The zero-order valence-electron chi connectivity index (χ0n) is 8.46. The van der Waals surface area contributed by atoms with Crippen LogP contribution in [0.3, 0.4) is 0 Å². The Kier molecular flexibility index (Phi) is 4.12. The highest BCUT2D eigenvalue weighted by Crippen LogP contribution is 2.07. The topological polar surface area (TPSA) is 67.2 Å². The van der Waals surface area contributed by atoms with Gasteiger partial charge in [0.2, 0.25) is 5.91 Å². The van der Waals surface area contributed by atoms with Crippen molar-refractivity contribution in [1.82, 2.24) is 10.5 Å². The third-order valence-corrected chi connectivity index (χ3v) is 1.73. The van der Waals surface area contributed by atoms with Crippen LogP contribution in [0.25, 0.3) is 0 Å². The maximum Gasteiger partial charge on any atom is 0.225 e. The summed E-state index contributed by atoms with van der Waals surface area (Å²) in [5, 5.41) is 9.29. The largest absolute Gasteiger partial charge is 0.360 e. The third kappa shape index (κ3) is 3.57. The standard InChI is InChI=1S/C9H15N3O2/c1-7-6-8(12-14-7)11-9(13)4-3-5-10-2/h6,10H,3-5H2,1-2H3,(H,11,12,13). The molecule has 1 aromatic heterocycles. The molecular formula is C9H15N3O2. The maximum atomic E-state index is 11.3. The molecule has 5 heteroatoms. The molecule has 5 nitrogen and oxygen atoms in total. The Morgan fingerprint density at radius 2 is 2.43 bits per heavy atom. The molecule has 1 amide bonds. The first-order chi connectivity index (χ1) is 6.72. The Morgan fingerprint density at radius 3 is 3.00 bits per heavy atom. The van der Waals surface area contributed by atoms with E-state index in [0.717, 1.165) is 13.0 Å². The molecule has 0 fully saturated rings. The van der Waals surface area contributed by atoms with Gasteiger partial charge in [-0.1, -0.05) is 5.16 Å². The number of rotatable bonds is 5. The van der Waals surface area contributed by atoms with Crippen molar-refractivity contribution in [3.8, 4) is 0 Å². The van der Waals surface area contributed by atoms with Crippen LogP contribution >= 0.6 is 0 Å². The highest BCUT2D eigenvalue weighted by atomic mass is 16.5. The van der Waals surface area contributed by atoms with Crippen molar-refractivity contribution in [2.24, 2.45) is 0 Å². The van der Waals surface area contributed by atoms with Gasteiger partial charge in [-0.25, -0.2) is 0 Å². The first-order valence-electron chi connectivity index (χ1n) is 4.60. The molecule has 2 N–H and O–H groups in total. The summed E-state index contributed by atoms with van der Waals surface area (Å²) in [7, 11) is 1.86. The van der Waals surface area contributed by atoms with Crippen LogP contribution in [0.5, 0.6) is 0 Å². The van der Waals surface area contributed by atoms with Gasteiger partial charge < -0.3 is 15.2 Å². The van der Waals surface area contributed by atoms with Crippen LogP contribution in [-0.2, 0) is 4.79 Å². The van der Waals surface area contributed by atoms with Crippen molar-refractivity contribution in [2.75, 3.05) is 18.9 Å². The van der Waals surface area contributed by atoms with Crippen molar-refractivity contribution in [3.05, 3.63) is 11.8 Å². The number of carbonyl (C=O) groups excluding carboxylic acids is 1. The molecule has 0 aliphatic heterocycles. The van der Waals surface area contributed by atoms with Crippen molar-refractivity contribution in [2.45, 2.75) is 19.8 Å². The SMILES string of the molecule is CNCCCC(=O)Nc1cc(C)on1. The van der Waals surface area contributed by atoms with E-state index < -0.39 is 0 Å². The molecule has 0 saturated carbocycles. The number of aromatic nitrogens is 1. The molecule has 0 radical (unpaired) electrons. The molecule has 0 aliphatic carbocycles. The summed E-state index contributed by atoms with van der Waals surface area (Å²) in [5.74, 6) is 1.14. The first-order valence-corrected chi connectivity index (χ1v) is 4.60. The van der Waals surface area contributed by atoms with E-state index in [1.54, 1.807) is 13.0 Å². The summed E-state index contributed by atoms with van der Waals surface area (Å²) in [6.45, 7) is 2.62. The van der Waals surface area contributed by atoms with Crippen LogP contribution in [0.1, 0.15) is 18.6 Å². The van der Waals surface area contributed by atoms with E-state index >= 15 is 0 Å². The fourth-order valence-corrected chi connectivity index (χ4v) is 1.06. The van der Waals surface area contributed by atoms with Gasteiger partial charge in [-0.3, -0.25) is 4.79 Å². The number of nitrogens with one attached hydrogen (secondary N) is 2. The van der Waals surface area contributed by atoms with Crippen LogP contribution in [0.2, 0.25) is 0 Å². The molecule has 0 aromatic carbocycles. The van der Waals surface area contributed by atoms with Gasteiger partial charge >= 0.3 is 0 Å². The van der Waals surface area contributed by atoms with Crippen molar-refractivity contribution < 1.29 is 9.32 Å². The minimum absolute atomic E-state index is 0.0337. The molecule has 78 valence electrons. The fraction of sp³-hybridized carbons (Fsp3) is 0.556. The fourth-order valence-electron chi connectivity index (χ4n) is 1.06. The lowest BCUT2D eigenvalue weighted by molar-refractivity contribution is -0.116. The average molecular weight is 197 g/mol. The molecule has 0 aliphatic rings. The van der Waals surface area contributed by atoms with E-state index in [0.29, 0.717) is 18.0 Å². The summed E-state index contributed by atoms with van der Waals surface area (Å²) in [6, 6.07) is 1.69. The van der Waals surface area contributed by atoms with Crippen LogP contribution < -0.4 is 10.6 Å². The van der Waals surface area contributed by atoms with Gasteiger partial charge in [0.25, 0.3) is 0 Å². The predicted octanol–water partition coefficient (Wildman–Crippen LogP) is 0.921. The second kappa shape index (κ2) is 5.39. The number of hydrogen-bond acceptors (Lipinski definition) is 4. The molecule has 1 heterocycles. The van der Waals surface area contributed by atoms with Crippen LogP contribution in [0.15, 0.2) is 10.6 Å². The Balaban J connectivity index is 2.27. The lowest BCUT2D eigenvalue weighted by Gasteiger charge is -2.00. The number of amides is 1. The van der Waals surface area contributed by atoms with E-state index in [1.807, 2.05) is 7.05 Å². The number of carbonyl (C=O) groups is 1. The van der Waals surface area contributed by atoms with Crippen molar-refractivity contribution >= 4 is 11.7 Å². The van der Waals surface area contributed by atoms with Crippen molar-refractivity contribution in [1.29, 1.82) is 0 Å². The Labute approximate surface area is 82.8 Å². The second-order valence-corrected chi connectivity index (χ2v) is 3.08. The normalized spacial score (nSPS) is 10.1. The lowest BCUT2D eigenvalue weighted by atomic mass is 10.3. The smallest absolute Gasteiger partial charge is 0.225 e. The Morgan fingerprint density at radius 1 is 1.64 bits per heavy atom. The molecule has 0 atom stereocenters. The van der Waals surface area contributed by atoms with E-state index in [9.17, 15) is 4.79 Å². The predicted molar refractivity (Wildman–Crippen MR) is 53.0 cm³/mol. The molecule has 0 saturated heterocycles. The highest BCUT2D eigenvalue weighted by Gasteiger charge is 2.04. The van der Waals surface area contributed by atoms with Gasteiger partial charge in [-0.15, -0.1) is 0 Å². The van der Waals surface area contributed by atoms with Gasteiger partial charge in [0.15, 0.2) is 5.82 Å². The van der Waals surface area contributed by atoms with E-state index in [1.165, 1.54) is 0 Å². The highest BCUT2D eigenvalue weighted by molar-refractivity contribution is 5.89. The van der Waals surface area contributed by atoms with E-state index in [-0.39, 0.29) is 5.91 Å². The van der Waals surface area contributed by atoms with Crippen LogP contribution in [-0.4, -0.2) is 24.7 Å². The summed E-state index contributed by atoms with van der Waals surface area (Å²) in [6.07, 6.45) is 1.31. The summed E-state index contributed by atoms with van der Waals surface area (Å²) in [5.41, 5.74) is 0. The zero-order chi connectivity index (χ0) is 10.4. The van der Waals surface area contributed by atoms with Gasteiger partial charge in [-0.05, 0) is 26.9 Å². The molecule has 14 heavy (non-hydrogen) atoms.